The highest BCUT2D eigenvalue weighted by molar-refractivity contribution is 5.88. The Labute approximate surface area is 119 Å². The van der Waals surface area contributed by atoms with Gasteiger partial charge in [0.05, 0.1) is 6.04 Å². The average Bonchev–Trinajstić information content (AvgIpc) is 2.79. The molecule has 0 aromatic heterocycles. The molecule has 20 heavy (non-hydrogen) atoms. The molecule has 0 radical (unpaired) electrons. The van der Waals surface area contributed by atoms with Gasteiger partial charge in [-0.15, -0.1) is 0 Å². The summed E-state index contributed by atoms with van der Waals surface area (Å²) in [6, 6.07) is 8.38. The Hall–Kier alpha value is -2.29. The number of fused-ring (bicyclic) bond motifs is 1. The quantitative estimate of drug-likeness (QED) is 0.651. The van der Waals surface area contributed by atoms with E-state index in [4.69, 9.17) is 5.73 Å². The summed E-state index contributed by atoms with van der Waals surface area (Å²) in [6.07, 6.45) is 7.00. The minimum atomic E-state index is -0.0814. The van der Waals surface area contributed by atoms with Crippen LogP contribution in [0.1, 0.15) is 30.5 Å². The van der Waals surface area contributed by atoms with Crippen LogP contribution in [-0.2, 0) is 11.2 Å². The zero-order chi connectivity index (χ0) is 14.5. The van der Waals surface area contributed by atoms with E-state index in [-0.39, 0.29) is 11.9 Å². The SMILES string of the molecule is C=C(N)/C=C(C)/C=C/C(=O)NC1CCc2ccccc21. The van der Waals surface area contributed by atoms with Gasteiger partial charge in [-0.3, -0.25) is 4.79 Å². The second-order valence-electron chi connectivity index (χ2n) is 5.10. The third-order valence-corrected chi connectivity index (χ3v) is 3.36. The first kappa shape index (κ1) is 14.1. The molecule has 0 saturated carbocycles. The Morgan fingerprint density at radius 3 is 2.90 bits per heavy atom. The predicted molar refractivity (Wildman–Crippen MR) is 81.9 cm³/mol. The third-order valence-electron chi connectivity index (χ3n) is 3.36. The van der Waals surface area contributed by atoms with Gasteiger partial charge in [0.15, 0.2) is 0 Å². The largest absolute Gasteiger partial charge is 0.399 e. The van der Waals surface area contributed by atoms with Crippen molar-refractivity contribution < 1.29 is 4.79 Å². The third kappa shape index (κ3) is 3.60. The molecule has 1 unspecified atom stereocenters. The van der Waals surface area contributed by atoms with Crippen LogP contribution in [0.3, 0.4) is 0 Å². The fourth-order valence-electron chi connectivity index (χ4n) is 2.47. The van der Waals surface area contributed by atoms with Crippen LogP contribution in [0.15, 0.2) is 60.3 Å². The number of nitrogens with two attached hydrogens (primary N) is 1. The van der Waals surface area contributed by atoms with Crippen LogP contribution in [0.2, 0.25) is 0 Å². The Morgan fingerprint density at radius 1 is 1.40 bits per heavy atom. The maximum Gasteiger partial charge on any atom is 0.244 e. The highest BCUT2D eigenvalue weighted by atomic mass is 16.1. The summed E-state index contributed by atoms with van der Waals surface area (Å²) < 4.78 is 0. The van der Waals surface area contributed by atoms with E-state index >= 15 is 0 Å². The van der Waals surface area contributed by atoms with Gasteiger partial charge in [-0.25, -0.2) is 0 Å². The summed E-state index contributed by atoms with van der Waals surface area (Å²) in [5, 5.41) is 3.04. The highest BCUT2D eigenvalue weighted by Gasteiger charge is 2.22. The number of amides is 1. The van der Waals surface area contributed by atoms with E-state index in [1.54, 1.807) is 12.2 Å². The van der Waals surface area contributed by atoms with E-state index in [0.717, 1.165) is 18.4 Å². The van der Waals surface area contributed by atoms with Crippen LogP contribution in [0.4, 0.5) is 0 Å². The summed E-state index contributed by atoms with van der Waals surface area (Å²) in [7, 11) is 0. The molecule has 3 N–H and O–H groups in total. The van der Waals surface area contributed by atoms with Gasteiger partial charge in [0, 0.05) is 11.8 Å². The van der Waals surface area contributed by atoms with Crippen LogP contribution in [0.5, 0.6) is 0 Å². The zero-order valence-corrected chi connectivity index (χ0v) is 11.7. The molecule has 1 aliphatic carbocycles. The summed E-state index contributed by atoms with van der Waals surface area (Å²) in [5.74, 6) is -0.0814. The van der Waals surface area contributed by atoms with Crippen LogP contribution in [0.25, 0.3) is 0 Å². The molecule has 3 nitrogen and oxygen atoms in total. The molecule has 0 fully saturated rings. The van der Waals surface area contributed by atoms with Crippen molar-refractivity contribution >= 4 is 5.91 Å². The van der Waals surface area contributed by atoms with E-state index in [9.17, 15) is 4.79 Å². The highest BCUT2D eigenvalue weighted by Crippen LogP contribution is 2.30. The first-order valence-electron chi connectivity index (χ1n) is 6.75. The maximum absolute atomic E-state index is 11.9. The normalized spacial score (nSPS) is 18.1. The first-order chi connectivity index (χ1) is 9.56. The van der Waals surface area contributed by atoms with Gasteiger partial charge in [-0.1, -0.05) is 36.9 Å². The number of benzene rings is 1. The van der Waals surface area contributed by atoms with Gasteiger partial charge in [0.25, 0.3) is 0 Å². The molecule has 1 aliphatic rings. The van der Waals surface area contributed by atoms with Crippen molar-refractivity contribution in [2.24, 2.45) is 5.73 Å². The van der Waals surface area contributed by atoms with Crippen LogP contribution >= 0.6 is 0 Å². The van der Waals surface area contributed by atoms with Crippen LogP contribution in [0, 0.1) is 0 Å². The lowest BCUT2D eigenvalue weighted by Gasteiger charge is -2.12. The Morgan fingerprint density at radius 2 is 2.15 bits per heavy atom. The number of hydrogen-bond donors (Lipinski definition) is 2. The maximum atomic E-state index is 11.9. The Balaban J connectivity index is 1.97. The molecule has 0 bridgehead atoms. The lowest BCUT2D eigenvalue weighted by molar-refractivity contribution is -0.117. The van der Waals surface area contributed by atoms with Gasteiger partial charge in [0.1, 0.15) is 0 Å². The molecule has 1 amide bonds. The second kappa shape index (κ2) is 6.24. The van der Waals surface area contributed by atoms with Crippen LogP contribution < -0.4 is 11.1 Å². The van der Waals surface area contributed by atoms with Gasteiger partial charge < -0.3 is 11.1 Å². The van der Waals surface area contributed by atoms with Crippen molar-refractivity contribution in [2.45, 2.75) is 25.8 Å². The summed E-state index contributed by atoms with van der Waals surface area (Å²) >= 11 is 0. The van der Waals surface area contributed by atoms with Crippen molar-refractivity contribution in [1.82, 2.24) is 5.32 Å². The number of rotatable bonds is 4. The van der Waals surface area contributed by atoms with Crippen molar-refractivity contribution in [3.8, 4) is 0 Å². The van der Waals surface area contributed by atoms with Crippen LogP contribution in [-0.4, -0.2) is 5.91 Å². The minimum Gasteiger partial charge on any atom is -0.399 e. The van der Waals surface area contributed by atoms with Gasteiger partial charge >= 0.3 is 0 Å². The summed E-state index contributed by atoms with van der Waals surface area (Å²) in [6.45, 7) is 5.48. The lowest BCUT2D eigenvalue weighted by atomic mass is 10.1. The number of aryl methyl sites for hydroxylation is 1. The predicted octanol–water partition coefficient (Wildman–Crippen LogP) is 2.77. The Kier molecular flexibility index (Phi) is 4.41. The van der Waals surface area contributed by atoms with Crippen molar-refractivity contribution in [3.63, 3.8) is 0 Å². The van der Waals surface area contributed by atoms with E-state index in [0.29, 0.717) is 5.70 Å². The molecular formula is C17H20N2O. The standard InChI is InChI=1S/C17H20N2O/c1-12(11-13(2)18)7-10-17(20)19-16-9-8-14-5-3-4-6-15(14)16/h3-7,10-11,16H,2,8-9,18H2,1H3,(H,19,20)/b10-7+,12-11+. The molecular weight excluding hydrogens is 248 g/mol. The van der Waals surface area contributed by atoms with E-state index < -0.39 is 0 Å². The molecule has 0 saturated heterocycles. The molecule has 0 aliphatic heterocycles. The van der Waals surface area contributed by atoms with E-state index in [1.165, 1.54) is 17.2 Å². The fourth-order valence-corrected chi connectivity index (χ4v) is 2.47. The molecule has 2 rings (SSSR count). The molecule has 104 valence electrons. The fraction of sp³-hybridized carbons (Fsp3) is 0.235. The number of carbonyl (C=O) groups is 1. The van der Waals surface area contributed by atoms with E-state index in [2.05, 4.69) is 24.0 Å². The molecule has 0 spiro atoms. The molecule has 1 atom stereocenters. The molecule has 1 aromatic carbocycles. The van der Waals surface area contributed by atoms with Crippen molar-refractivity contribution in [3.05, 3.63) is 71.5 Å². The summed E-state index contributed by atoms with van der Waals surface area (Å²) in [4.78, 5) is 11.9. The topological polar surface area (TPSA) is 55.1 Å². The minimum absolute atomic E-state index is 0.0814. The smallest absolute Gasteiger partial charge is 0.244 e. The van der Waals surface area contributed by atoms with Gasteiger partial charge in [0.2, 0.25) is 5.91 Å². The van der Waals surface area contributed by atoms with Gasteiger partial charge in [-0.2, -0.15) is 0 Å². The zero-order valence-electron chi connectivity index (χ0n) is 11.7. The number of hydrogen-bond acceptors (Lipinski definition) is 2. The first-order valence-corrected chi connectivity index (χ1v) is 6.75. The molecule has 3 heteroatoms. The van der Waals surface area contributed by atoms with Gasteiger partial charge in [-0.05, 0) is 42.5 Å². The number of allylic oxidation sites excluding steroid dienone is 3. The Bertz CT molecular complexity index is 584. The lowest BCUT2D eigenvalue weighted by Crippen LogP contribution is -2.25. The van der Waals surface area contributed by atoms with E-state index in [1.807, 2.05) is 19.1 Å². The number of carbonyl (C=O) groups excluding carboxylic acids is 1. The monoisotopic (exact) mass is 268 g/mol. The number of nitrogens with one attached hydrogen (secondary N) is 1. The molecule has 0 heterocycles. The van der Waals surface area contributed by atoms with Crippen molar-refractivity contribution in [2.75, 3.05) is 0 Å². The average molecular weight is 268 g/mol. The second-order valence-corrected chi connectivity index (χ2v) is 5.10. The molecule has 1 aromatic rings. The summed E-state index contributed by atoms with van der Waals surface area (Å²) in [5.41, 5.74) is 9.43. The van der Waals surface area contributed by atoms with Crippen molar-refractivity contribution in [1.29, 1.82) is 0 Å².